The molecule has 154 valence electrons. The minimum Gasteiger partial charge on any atom is -0.497 e. The van der Waals surface area contributed by atoms with E-state index < -0.39 is 0 Å². The second-order valence-electron chi connectivity index (χ2n) is 7.14. The molecule has 0 N–H and O–H groups in total. The average molecular weight is 439 g/mol. The van der Waals surface area contributed by atoms with Crippen molar-refractivity contribution in [3.63, 3.8) is 0 Å². The Labute approximate surface area is 185 Å². The first kappa shape index (κ1) is 20.6. The fourth-order valence-corrected chi connectivity index (χ4v) is 4.96. The van der Waals surface area contributed by atoms with E-state index in [4.69, 9.17) is 17.0 Å². The number of thiocarbonyl (C=S) groups is 1. The molecule has 0 aromatic heterocycles. The number of benzene rings is 2. The lowest BCUT2D eigenvalue weighted by Gasteiger charge is -2.16. The van der Waals surface area contributed by atoms with Crippen LogP contribution in [0.25, 0.3) is 5.57 Å². The first-order valence-electron chi connectivity index (χ1n) is 9.87. The first-order valence-corrected chi connectivity index (χ1v) is 11.1. The monoisotopic (exact) mass is 438 g/mol. The maximum absolute atomic E-state index is 13.3. The zero-order valence-electron chi connectivity index (χ0n) is 16.9. The van der Waals surface area contributed by atoms with E-state index in [0.29, 0.717) is 27.9 Å². The van der Waals surface area contributed by atoms with Gasteiger partial charge in [-0.3, -0.25) is 14.5 Å². The molecule has 2 amide bonds. The summed E-state index contributed by atoms with van der Waals surface area (Å²) in [4.78, 5) is 30.3. The van der Waals surface area contributed by atoms with E-state index in [1.165, 1.54) is 11.8 Å². The molecule has 7 heteroatoms. The molecule has 2 aliphatic rings. The molecule has 0 aliphatic carbocycles. The summed E-state index contributed by atoms with van der Waals surface area (Å²) >= 11 is 6.71. The average Bonchev–Trinajstić information content (AvgIpc) is 3.20. The van der Waals surface area contributed by atoms with Crippen molar-refractivity contribution in [2.45, 2.75) is 26.3 Å². The van der Waals surface area contributed by atoms with Gasteiger partial charge in [0.1, 0.15) is 10.1 Å². The van der Waals surface area contributed by atoms with Gasteiger partial charge in [0.25, 0.3) is 11.8 Å². The fourth-order valence-electron chi connectivity index (χ4n) is 3.64. The number of methoxy groups -OCH3 is 1. The number of ether oxygens (including phenoxy) is 1. The Morgan fingerprint density at radius 2 is 1.73 bits per heavy atom. The highest BCUT2D eigenvalue weighted by atomic mass is 32.2. The zero-order valence-corrected chi connectivity index (χ0v) is 18.5. The number of hydrogen-bond donors (Lipinski definition) is 0. The highest BCUT2D eigenvalue weighted by molar-refractivity contribution is 8.26. The van der Waals surface area contributed by atoms with Gasteiger partial charge in [-0.25, -0.2) is 0 Å². The Kier molecular flexibility index (Phi) is 5.92. The van der Waals surface area contributed by atoms with Gasteiger partial charge in [0, 0.05) is 12.1 Å². The number of carbonyl (C=O) groups is 2. The largest absolute Gasteiger partial charge is 0.497 e. The first-order chi connectivity index (χ1) is 14.5. The van der Waals surface area contributed by atoms with Crippen molar-refractivity contribution in [2.75, 3.05) is 18.6 Å². The molecule has 0 radical (unpaired) electrons. The van der Waals surface area contributed by atoms with Crippen LogP contribution in [0.15, 0.2) is 53.4 Å². The number of amides is 2. The summed E-state index contributed by atoms with van der Waals surface area (Å²) in [6, 6.07) is 15.2. The number of para-hydroxylation sites is 1. The van der Waals surface area contributed by atoms with Crippen LogP contribution in [0.4, 0.5) is 5.69 Å². The van der Waals surface area contributed by atoms with Crippen LogP contribution in [-0.4, -0.2) is 34.7 Å². The summed E-state index contributed by atoms with van der Waals surface area (Å²) in [6.07, 6.45) is 1.90. The molecule has 0 saturated carbocycles. The van der Waals surface area contributed by atoms with E-state index >= 15 is 0 Å². The second kappa shape index (κ2) is 8.62. The van der Waals surface area contributed by atoms with Gasteiger partial charge in [0.2, 0.25) is 0 Å². The molecule has 0 spiro atoms. The van der Waals surface area contributed by atoms with E-state index in [-0.39, 0.29) is 11.8 Å². The molecule has 0 unspecified atom stereocenters. The smallest absolute Gasteiger partial charge is 0.267 e. The molecular formula is C23H22N2O3S2. The van der Waals surface area contributed by atoms with Gasteiger partial charge >= 0.3 is 0 Å². The number of carbonyl (C=O) groups excluding carboxylic acids is 2. The summed E-state index contributed by atoms with van der Waals surface area (Å²) in [5.41, 5.74) is 3.09. The van der Waals surface area contributed by atoms with Crippen LogP contribution in [0, 0.1) is 0 Å². The third kappa shape index (κ3) is 3.63. The molecule has 0 bridgehead atoms. The van der Waals surface area contributed by atoms with E-state index in [1.54, 1.807) is 16.9 Å². The molecular weight excluding hydrogens is 416 g/mol. The van der Waals surface area contributed by atoms with E-state index in [1.807, 2.05) is 48.5 Å². The molecule has 30 heavy (non-hydrogen) atoms. The summed E-state index contributed by atoms with van der Waals surface area (Å²) in [5.74, 6) is 0.428. The summed E-state index contributed by atoms with van der Waals surface area (Å²) in [7, 11) is 1.61. The van der Waals surface area contributed by atoms with Crippen LogP contribution in [-0.2, 0) is 16.1 Å². The minimum absolute atomic E-state index is 0.116. The number of fused-ring (bicyclic) bond motifs is 1. The van der Waals surface area contributed by atoms with E-state index in [9.17, 15) is 9.59 Å². The maximum Gasteiger partial charge on any atom is 0.267 e. The van der Waals surface area contributed by atoms with Crippen molar-refractivity contribution in [1.82, 2.24) is 4.90 Å². The van der Waals surface area contributed by atoms with Crippen LogP contribution in [0.2, 0.25) is 0 Å². The lowest BCUT2D eigenvalue weighted by molar-refractivity contribution is -0.122. The lowest BCUT2D eigenvalue weighted by Crippen LogP contribution is -2.29. The zero-order chi connectivity index (χ0) is 21.3. The second-order valence-corrected chi connectivity index (χ2v) is 8.78. The highest BCUT2D eigenvalue weighted by Gasteiger charge is 2.41. The Hall–Kier alpha value is -2.64. The summed E-state index contributed by atoms with van der Waals surface area (Å²) < 4.78 is 5.66. The molecule has 1 saturated heterocycles. The van der Waals surface area contributed by atoms with Crippen molar-refractivity contribution < 1.29 is 14.3 Å². The molecule has 2 heterocycles. The molecule has 4 rings (SSSR count). The molecule has 1 fully saturated rings. The van der Waals surface area contributed by atoms with Crippen molar-refractivity contribution >= 4 is 51.4 Å². The van der Waals surface area contributed by atoms with Crippen molar-refractivity contribution in [3.8, 4) is 5.75 Å². The van der Waals surface area contributed by atoms with E-state index in [0.717, 1.165) is 35.4 Å². The van der Waals surface area contributed by atoms with Crippen LogP contribution in [0.3, 0.4) is 0 Å². The highest BCUT2D eigenvalue weighted by Crippen LogP contribution is 2.44. The van der Waals surface area contributed by atoms with Gasteiger partial charge in [-0.1, -0.05) is 67.7 Å². The van der Waals surface area contributed by atoms with Crippen LogP contribution < -0.4 is 9.64 Å². The Morgan fingerprint density at radius 3 is 2.43 bits per heavy atom. The molecule has 2 aromatic rings. The van der Waals surface area contributed by atoms with Gasteiger partial charge in [-0.05, 0) is 30.2 Å². The third-order valence-electron chi connectivity index (χ3n) is 5.23. The van der Waals surface area contributed by atoms with Crippen molar-refractivity contribution in [2.24, 2.45) is 0 Å². The molecule has 0 atom stereocenters. The van der Waals surface area contributed by atoms with Crippen molar-refractivity contribution in [1.29, 1.82) is 0 Å². The third-order valence-corrected chi connectivity index (χ3v) is 6.68. The van der Waals surface area contributed by atoms with Gasteiger partial charge in [-0.15, -0.1) is 0 Å². The van der Waals surface area contributed by atoms with Crippen molar-refractivity contribution in [3.05, 3.63) is 64.6 Å². The quantitative estimate of drug-likeness (QED) is 0.487. The topological polar surface area (TPSA) is 49.9 Å². The van der Waals surface area contributed by atoms with Gasteiger partial charge in [0.15, 0.2) is 0 Å². The predicted octanol–water partition coefficient (Wildman–Crippen LogP) is 4.61. The van der Waals surface area contributed by atoms with Gasteiger partial charge in [-0.2, -0.15) is 0 Å². The fraction of sp³-hybridized carbons (Fsp3) is 0.261. The number of rotatable bonds is 6. The normalized spacial score (nSPS) is 18.4. The maximum atomic E-state index is 13.3. The number of anilines is 1. The van der Waals surface area contributed by atoms with Gasteiger partial charge < -0.3 is 9.64 Å². The van der Waals surface area contributed by atoms with Gasteiger partial charge in [0.05, 0.1) is 29.8 Å². The number of thioether (sulfide) groups is 1. The Morgan fingerprint density at radius 1 is 1.00 bits per heavy atom. The van der Waals surface area contributed by atoms with Crippen LogP contribution in [0.1, 0.15) is 30.9 Å². The van der Waals surface area contributed by atoms with E-state index in [2.05, 4.69) is 6.92 Å². The summed E-state index contributed by atoms with van der Waals surface area (Å²) in [6.45, 7) is 3.10. The number of hydrogen-bond acceptors (Lipinski definition) is 5. The summed E-state index contributed by atoms with van der Waals surface area (Å²) in [5, 5.41) is 0. The number of unbranched alkanes of at least 4 members (excludes halogenated alkanes) is 1. The predicted molar refractivity (Wildman–Crippen MR) is 124 cm³/mol. The van der Waals surface area contributed by atoms with Crippen LogP contribution >= 0.6 is 24.0 Å². The SMILES string of the molecule is CCCCN1C(=O)C(=C2SC(=S)N(Cc3ccc(OC)cc3)C2=O)c2ccccc21. The Balaban J connectivity index is 1.67. The number of nitrogens with zero attached hydrogens (tertiary/aromatic N) is 2. The Bertz CT molecular complexity index is 1050. The lowest BCUT2D eigenvalue weighted by atomic mass is 10.1. The molecule has 2 aliphatic heterocycles. The standard InChI is InChI=1S/C23H22N2O3S2/c1-3-4-13-24-18-8-6-5-7-17(18)19(21(24)26)20-22(27)25(23(29)30-20)14-15-9-11-16(28-2)12-10-15/h5-12H,3-4,13-14H2,1-2H3. The molecule has 2 aromatic carbocycles. The molecule has 5 nitrogen and oxygen atoms in total. The van der Waals surface area contributed by atoms with Crippen LogP contribution in [0.5, 0.6) is 5.75 Å². The minimum atomic E-state index is -0.212.